The van der Waals surface area contributed by atoms with Gasteiger partial charge in [-0.05, 0) is 0 Å². The Kier molecular flexibility index (Phi) is 2.44. The van der Waals surface area contributed by atoms with Crippen molar-refractivity contribution in [1.29, 1.82) is 0 Å². The fourth-order valence-electron chi connectivity index (χ4n) is 0.0488. The van der Waals surface area contributed by atoms with E-state index in [0.29, 0.717) is 6.26 Å². The van der Waals surface area contributed by atoms with Gasteiger partial charge in [0, 0.05) is 6.26 Å². The third-order valence-corrected chi connectivity index (χ3v) is 0.442. The lowest BCUT2D eigenvalue weighted by Gasteiger charge is -2.13. The highest BCUT2D eigenvalue weighted by atomic mass is 32.3. The van der Waals surface area contributed by atoms with Crippen molar-refractivity contribution in [2.24, 2.45) is 0 Å². The van der Waals surface area contributed by atoms with E-state index < -0.39 is 11.1 Å². The minimum atomic E-state index is -4.21. The Morgan fingerprint density at radius 2 is 2.00 bits per heavy atom. The van der Waals surface area contributed by atoms with Gasteiger partial charge in [-0.3, -0.25) is 5.04 Å². The normalized spacial score (nSPS) is 14.3. The summed E-state index contributed by atoms with van der Waals surface area (Å²) in [7, 11) is 0. The molecule has 6 heteroatoms. The van der Waals surface area contributed by atoms with E-state index in [0.717, 1.165) is 0 Å². The predicted molar refractivity (Wildman–Crippen MR) is 17.9 cm³/mol. The number of halogens is 2. The average Bonchev–Trinajstić information content (AvgIpc) is 1.30. The molecule has 46 valence electrons. The average molecular weight is 133 g/mol. The molecule has 0 fully saturated rings. The third kappa shape index (κ3) is 6.09. The van der Waals surface area contributed by atoms with Crippen LogP contribution in [0.5, 0.6) is 0 Å². The van der Waals surface area contributed by atoms with Gasteiger partial charge in [0.2, 0.25) is 0 Å². The summed E-state index contributed by atoms with van der Waals surface area (Å²) in [5.41, 5.74) is 0. The predicted octanol–water partition coefficient (Wildman–Crippen LogP) is 0.328. The molecule has 3 nitrogen and oxygen atoms in total. The first-order valence-corrected chi connectivity index (χ1v) is 2.98. The van der Waals surface area contributed by atoms with Crippen LogP contribution < -0.4 is 5.26 Å². The molecule has 0 rings (SSSR count). The summed E-state index contributed by atoms with van der Waals surface area (Å²) in [5.74, 6) is 0. The Morgan fingerprint density at radius 3 is 2.00 bits per heavy atom. The van der Waals surface area contributed by atoms with Crippen LogP contribution in [0.3, 0.4) is 0 Å². The van der Waals surface area contributed by atoms with Crippen LogP contribution in [0.25, 0.3) is 0 Å². The van der Waals surface area contributed by atoms with Gasteiger partial charge in [-0.25, -0.2) is 0 Å². The zero-order valence-corrected chi connectivity index (χ0v) is 4.21. The Hall–Kier alpha value is 0.0900. The molecule has 0 heterocycles. The molecule has 0 aromatic rings. The Bertz CT molecular complexity index is 51.4. The van der Waals surface area contributed by atoms with Crippen LogP contribution in [-0.4, -0.2) is 6.26 Å². The van der Waals surface area contributed by atoms with Crippen LogP contribution in [0.4, 0.5) is 7.77 Å². The molecular weight excluding hydrogens is 130 g/mol. The van der Waals surface area contributed by atoms with Gasteiger partial charge in [-0.2, -0.15) is 0 Å². The monoisotopic (exact) mass is 133 g/mol. The number of rotatable bonds is 2. The summed E-state index contributed by atoms with van der Waals surface area (Å²) in [4.78, 5) is 0. The molecular formula is CH3F2O3S-. The molecule has 0 aromatic carbocycles. The molecule has 0 unspecified atom stereocenters. The Morgan fingerprint density at radius 1 is 1.57 bits per heavy atom. The highest BCUT2D eigenvalue weighted by Crippen LogP contribution is 2.47. The molecule has 0 aliphatic rings. The molecule has 0 spiro atoms. The van der Waals surface area contributed by atoms with E-state index >= 15 is 0 Å². The Balaban J connectivity index is 3.15. The first kappa shape index (κ1) is 7.09. The first-order chi connectivity index (χ1) is 3.06. The molecule has 0 aromatic heterocycles. The van der Waals surface area contributed by atoms with Crippen molar-refractivity contribution in [2.45, 2.75) is 0 Å². The van der Waals surface area contributed by atoms with Crippen molar-refractivity contribution >= 4 is 11.1 Å². The van der Waals surface area contributed by atoms with E-state index in [1.54, 1.807) is 0 Å². The van der Waals surface area contributed by atoms with Gasteiger partial charge >= 0.3 is 0 Å². The topological polar surface area (TPSA) is 41.5 Å². The molecule has 0 amide bonds. The van der Waals surface area contributed by atoms with E-state index in [1.165, 1.54) is 0 Å². The SMILES string of the molecule is CS(F)(F)OO[O-]. The lowest BCUT2D eigenvalue weighted by molar-refractivity contribution is -0.779. The number of hydrogen-bond donors (Lipinski definition) is 0. The van der Waals surface area contributed by atoms with Crippen LogP contribution in [0.1, 0.15) is 0 Å². The molecule has 0 bridgehead atoms. The lowest BCUT2D eigenvalue weighted by atomic mass is 12.0. The largest absolute Gasteiger partial charge is 0.691 e. The zero-order valence-electron chi connectivity index (χ0n) is 3.39. The second-order valence-corrected chi connectivity index (χ2v) is 2.25. The van der Waals surface area contributed by atoms with Crippen molar-refractivity contribution in [3.63, 3.8) is 0 Å². The summed E-state index contributed by atoms with van der Waals surface area (Å²) in [6, 6.07) is 0. The maximum Gasteiger partial charge on any atom is 0.196 e. The molecule has 0 atom stereocenters. The van der Waals surface area contributed by atoms with Gasteiger partial charge in [0.1, 0.15) is 0 Å². The van der Waals surface area contributed by atoms with Crippen molar-refractivity contribution in [3.05, 3.63) is 0 Å². The summed E-state index contributed by atoms with van der Waals surface area (Å²) in [6.45, 7) is 0. The summed E-state index contributed by atoms with van der Waals surface area (Å²) >= 11 is -4.21. The van der Waals surface area contributed by atoms with Crippen LogP contribution in [0.15, 0.2) is 0 Å². The smallest absolute Gasteiger partial charge is 0.196 e. The zero-order chi connectivity index (χ0) is 5.91. The standard InChI is InChI=1S/CH4F2O3S/c1-7(2,3)6-5-4/h4H,1H3/p-1. The molecule has 0 N–H and O–H groups in total. The first-order valence-electron chi connectivity index (χ1n) is 1.22. The van der Waals surface area contributed by atoms with E-state index in [2.05, 4.69) is 9.37 Å². The second-order valence-electron chi connectivity index (χ2n) is 0.796. The van der Waals surface area contributed by atoms with E-state index in [-0.39, 0.29) is 0 Å². The Labute approximate surface area is 40.8 Å². The minimum Gasteiger partial charge on any atom is -0.691 e. The van der Waals surface area contributed by atoms with Crippen LogP contribution in [-0.2, 0) is 9.37 Å². The van der Waals surface area contributed by atoms with Crippen molar-refractivity contribution in [1.82, 2.24) is 0 Å². The molecule has 0 saturated heterocycles. The van der Waals surface area contributed by atoms with Gasteiger partial charge in [-0.1, -0.05) is 0 Å². The number of hydrogen-bond acceptors (Lipinski definition) is 3. The minimum absolute atomic E-state index is 0.477. The summed E-state index contributed by atoms with van der Waals surface area (Å²) < 4.78 is 25.4. The fourth-order valence-corrected chi connectivity index (χ4v) is 0.146. The van der Waals surface area contributed by atoms with Gasteiger partial charge < -0.3 is 5.26 Å². The highest BCUT2D eigenvalue weighted by molar-refractivity contribution is 8.20. The lowest BCUT2D eigenvalue weighted by Crippen LogP contribution is -2.05. The van der Waals surface area contributed by atoms with Crippen LogP contribution in [0, 0.1) is 0 Å². The second kappa shape index (κ2) is 2.41. The van der Waals surface area contributed by atoms with E-state index in [1.807, 2.05) is 0 Å². The van der Waals surface area contributed by atoms with Crippen molar-refractivity contribution < 1.29 is 22.4 Å². The molecule has 0 saturated carbocycles. The van der Waals surface area contributed by atoms with E-state index in [9.17, 15) is 7.77 Å². The molecule has 0 radical (unpaired) electrons. The van der Waals surface area contributed by atoms with Gasteiger partial charge in [0.05, 0.1) is 0 Å². The maximum absolute atomic E-state index is 11.3. The van der Waals surface area contributed by atoms with Crippen molar-refractivity contribution in [3.8, 4) is 0 Å². The maximum atomic E-state index is 11.3. The van der Waals surface area contributed by atoms with Gasteiger partial charge in [0.15, 0.2) is 11.1 Å². The summed E-state index contributed by atoms with van der Waals surface area (Å²) in [6.07, 6.45) is 0.477. The van der Waals surface area contributed by atoms with E-state index in [4.69, 9.17) is 5.26 Å². The molecule has 7 heavy (non-hydrogen) atoms. The van der Waals surface area contributed by atoms with Gasteiger partial charge in [-0.15, -0.1) is 12.1 Å². The van der Waals surface area contributed by atoms with Crippen molar-refractivity contribution in [2.75, 3.05) is 6.26 Å². The van der Waals surface area contributed by atoms with Crippen LogP contribution >= 0.6 is 11.1 Å². The molecule has 0 aliphatic heterocycles. The third-order valence-electron chi connectivity index (χ3n) is 0.147. The summed E-state index contributed by atoms with van der Waals surface area (Å²) in [5, 5.41) is 11.2. The van der Waals surface area contributed by atoms with Gasteiger partial charge in [0.25, 0.3) is 0 Å². The fraction of sp³-hybridized carbons (Fsp3) is 1.00. The highest BCUT2D eigenvalue weighted by Gasteiger charge is 2.13. The molecule has 0 aliphatic carbocycles. The van der Waals surface area contributed by atoms with Crippen LogP contribution in [0.2, 0.25) is 0 Å². The quantitative estimate of drug-likeness (QED) is 0.402.